The second-order valence-corrected chi connectivity index (χ2v) is 7.05. The molecule has 0 radical (unpaired) electrons. The van der Waals surface area contributed by atoms with Crippen LogP contribution in [-0.4, -0.2) is 48.7 Å². The van der Waals surface area contributed by atoms with E-state index in [4.69, 9.17) is 24.5 Å². The molecule has 9 nitrogen and oxygen atoms in total. The summed E-state index contributed by atoms with van der Waals surface area (Å²) in [6, 6.07) is 9.10. The molecule has 2 aromatic rings. The van der Waals surface area contributed by atoms with Gasteiger partial charge in [-0.1, -0.05) is 18.2 Å². The van der Waals surface area contributed by atoms with Gasteiger partial charge < -0.3 is 19.3 Å². The zero-order chi connectivity index (χ0) is 25.1. The monoisotopic (exact) mass is 480 g/mol. The second-order valence-electron chi connectivity index (χ2n) is 7.05. The third-order valence-electron chi connectivity index (χ3n) is 4.73. The number of anilines is 1. The average Bonchev–Trinajstić information content (AvgIpc) is 2.83. The van der Waals surface area contributed by atoms with Gasteiger partial charge in [-0.05, 0) is 43.2 Å². The molecule has 4 N–H and O–H groups in total. The summed E-state index contributed by atoms with van der Waals surface area (Å²) >= 11 is 0. The molecule has 2 aromatic carbocycles. The van der Waals surface area contributed by atoms with Crippen LogP contribution < -0.4 is 15.5 Å². The highest BCUT2D eigenvalue weighted by atomic mass is 19.1. The Morgan fingerprint density at radius 3 is 2.44 bits per heavy atom. The first-order chi connectivity index (χ1) is 16.3. The van der Waals surface area contributed by atoms with Crippen LogP contribution in [0.5, 0.6) is 5.75 Å². The molecule has 34 heavy (non-hydrogen) atoms. The Morgan fingerprint density at radius 2 is 1.85 bits per heavy atom. The maximum absolute atomic E-state index is 13.9. The van der Waals surface area contributed by atoms with E-state index in [9.17, 15) is 18.4 Å². The van der Waals surface area contributed by atoms with Gasteiger partial charge in [0.05, 0.1) is 12.3 Å². The van der Waals surface area contributed by atoms with E-state index in [0.29, 0.717) is 17.4 Å². The maximum atomic E-state index is 13.9. The number of aliphatic hydroxyl groups excluding tert-OH is 1. The molecule has 0 saturated heterocycles. The number of nitrogens with one attached hydrogen (secondary N) is 2. The van der Waals surface area contributed by atoms with E-state index in [-0.39, 0.29) is 30.9 Å². The lowest BCUT2D eigenvalue weighted by Crippen LogP contribution is -2.28. The van der Waals surface area contributed by atoms with E-state index in [2.05, 4.69) is 5.32 Å². The van der Waals surface area contributed by atoms with Gasteiger partial charge in [0, 0.05) is 18.7 Å². The molecule has 0 aliphatic rings. The third kappa shape index (κ3) is 7.80. The predicted molar refractivity (Wildman–Crippen MR) is 117 cm³/mol. The van der Waals surface area contributed by atoms with Crippen molar-refractivity contribution in [1.29, 1.82) is 0 Å². The molecule has 0 fully saturated rings. The number of aliphatic hydroxyl groups is 1. The van der Waals surface area contributed by atoms with E-state index < -0.39 is 35.8 Å². The molecule has 0 aliphatic heterocycles. The molecular formula is C23H26F2N2O7. The number of benzene rings is 2. The largest absolute Gasteiger partial charge is 0.491 e. The van der Waals surface area contributed by atoms with E-state index >= 15 is 0 Å². The predicted octanol–water partition coefficient (Wildman–Crippen LogP) is 3.48. The number of hydrogen-bond acceptors (Lipinski definition) is 7. The first-order valence-corrected chi connectivity index (χ1v) is 10.2. The van der Waals surface area contributed by atoms with Crippen molar-refractivity contribution in [2.75, 3.05) is 25.6 Å². The lowest BCUT2D eigenvalue weighted by atomic mass is 10.0. The number of hydrogen-bond donors (Lipinski definition) is 4. The average molecular weight is 480 g/mol. The Bertz CT molecular complexity index is 999. The number of carbonyl (C=O) groups is 2. The van der Waals surface area contributed by atoms with Gasteiger partial charge >= 0.3 is 6.09 Å². The number of rotatable bonds is 11. The van der Waals surface area contributed by atoms with Gasteiger partial charge in [0.25, 0.3) is 5.91 Å². The maximum Gasteiger partial charge on any atom is 0.412 e. The van der Waals surface area contributed by atoms with Gasteiger partial charge in [0.1, 0.15) is 30.1 Å². The molecule has 11 heteroatoms. The summed E-state index contributed by atoms with van der Waals surface area (Å²) in [5.41, 5.74) is 1.94. The Hall–Kier alpha value is -3.54. The number of methoxy groups -OCH3 is 1. The summed E-state index contributed by atoms with van der Waals surface area (Å²) in [6.45, 7) is 1.42. The number of halogens is 2. The molecule has 2 amide bonds. The highest BCUT2D eigenvalue weighted by Gasteiger charge is 2.27. The van der Waals surface area contributed by atoms with Crippen molar-refractivity contribution in [3.63, 3.8) is 0 Å². The summed E-state index contributed by atoms with van der Waals surface area (Å²) in [6.07, 6.45) is -1.21. The fourth-order valence-electron chi connectivity index (χ4n) is 2.94. The van der Waals surface area contributed by atoms with Gasteiger partial charge in [0.2, 0.25) is 0 Å². The Morgan fingerprint density at radius 1 is 1.15 bits per heavy atom. The van der Waals surface area contributed by atoms with Gasteiger partial charge in [-0.25, -0.2) is 19.1 Å². The van der Waals surface area contributed by atoms with Crippen LogP contribution in [0, 0.1) is 11.6 Å². The SMILES string of the molecule is CO[C@H](C/C=C(\C)C(=O)NO)[C@H](OC(=O)Nc1ccc(F)cc1F)c1ccc(OCCO)cc1. The van der Waals surface area contributed by atoms with Crippen LogP contribution in [-0.2, 0) is 14.3 Å². The fourth-order valence-corrected chi connectivity index (χ4v) is 2.94. The first kappa shape index (κ1) is 26.7. The molecule has 0 heterocycles. The van der Waals surface area contributed by atoms with Crippen molar-refractivity contribution >= 4 is 17.7 Å². The topological polar surface area (TPSA) is 126 Å². The Kier molecular flexibility index (Phi) is 10.4. The highest BCUT2D eigenvalue weighted by Crippen LogP contribution is 2.29. The molecule has 0 aromatic heterocycles. The number of hydroxylamine groups is 1. The van der Waals surface area contributed by atoms with Crippen LogP contribution in [0.25, 0.3) is 0 Å². The Balaban J connectivity index is 2.27. The zero-order valence-corrected chi connectivity index (χ0v) is 18.6. The van der Waals surface area contributed by atoms with Crippen molar-refractivity contribution in [1.82, 2.24) is 5.48 Å². The van der Waals surface area contributed by atoms with Crippen LogP contribution in [0.2, 0.25) is 0 Å². The third-order valence-corrected chi connectivity index (χ3v) is 4.73. The van der Waals surface area contributed by atoms with E-state index in [0.717, 1.165) is 12.1 Å². The minimum Gasteiger partial charge on any atom is -0.491 e. The summed E-state index contributed by atoms with van der Waals surface area (Å²) < 4.78 is 43.4. The summed E-state index contributed by atoms with van der Waals surface area (Å²) in [5, 5.41) is 19.9. The van der Waals surface area contributed by atoms with Crippen LogP contribution >= 0.6 is 0 Å². The Labute approximate surface area is 194 Å². The van der Waals surface area contributed by atoms with Gasteiger partial charge in [-0.3, -0.25) is 15.3 Å². The van der Waals surface area contributed by atoms with Crippen LogP contribution in [0.1, 0.15) is 25.0 Å². The van der Waals surface area contributed by atoms with Crippen molar-refractivity contribution in [3.8, 4) is 5.75 Å². The molecule has 2 rings (SSSR count). The second kappa shape index (κ2) is 13.2. The van der Waals surface area contributed by atoms with Crippen molar-refractivity contribution in [2.45, 2.75) is 25.6 Å². The zero-order valence-electron chi connectivity index (χ0n) is 18.6. The molecule has 2 atom stereocenters. The molecule has 0 unspecified atom stereocenters. The van der Waals surface area contributed by atoms with Crippen molar-refractivity contribution in [2.24, 2.45) is 0 Å². The highest BCUT2D eigenvalue weighted by molar-refractivity contribution is 5.91. The number of ether oxygens (including phenoxy) is 3. The summed E-state index contributed by atoms with van der Waals surface area (Å²) in [7, 11) is 1.38. The van der Waals surface area contributed by atoms with Crippen molar-refractivity contribution in [3.05, 3.63) is 71.3 Å². The summed E-state index contributed by atoms with van der Waals surface area (Å²) in [4.78, 5) is 24.1. The molecule has 0 aliphatic carbocycles. The first-order valence-electron chi connectivity index (χ1n) is 10.2. The molecule has 184 valence electrons. The van der Waals surface area contributed by atoms with Gasteiger partial charge in [-0.2, -0.15) is 0 Å². The van der Waals surface area contributed by atoms with Crippen LogP contribution in [0.15, 0.2) is 54.1 Å². The summed E-state index contributed by atoms with van der Waals surface area (Å²) in [5.74, 6) is -2.01. The normalized spacial score (nSPS) is 13.1. The van der Waals surface area contributed by atoms with E-state index in [1.54, 1.807) is 24.3 Å². The lowest BCUT2D eigenvalue weighted by Gasteiger charge is -2.26. The minimum absolute atomic E-state index is 0.0998. The molecule has 0 saturated carbocycles. The number of amides is 2. The van der Waals surface area contributed by atoms with E-state index in [1.807, 2.05) is 0 Å². The molecule has 0 spiro atoms. The standard InChI is InChI=1S/C23H26F2N2O7/c1-14(22(29)27-31)3-10-20(32-2)21(15-4-7-17(8-5-15)33-12-11-28)34-23(30)26-19-9-6-16(24)13-18(19)25/h3-9,13,20-21,28,31H,10-12H2,1-2H3,(H,26,30)(H,27,29)/b14-3+/t20-,21-/m1/s1. The minimum atomic E-state index is -1.02. The van der Waals surface area contributed by atoms with Crippen LogP contribution in [0.4, 0.5) is 19.3 Å². The van der Waals surface area contributed by atoms with Gasteiger partial charge in [-0.15, -0.1) is 0 Å². The smallest absolute Gasteiger partial charge is 0.412 e. The van der Waals surface area contributed by atoms with Crippen LogP contribution in [0.3, 0.4) is 0 Å². The molecular weight excluding hydrogens is 454 g/mol. The fraction of sp³-hybridized carbons (Fsp3) is 0.304. The molecule has 0 bridgehead atoms. The van der Waals surface area contributed by atoms with E-state index in [1.165, 1.54) is 25.6 Å². The number of carbonyl (C=O) groups excluding carboxylic acids is 2. The lowest BCUT2D eigenvalue weighted by molar-refractivity contribution is -0.125. The quantitative estimate of drug-likeness (QED) is 0.220. The van der Waals surface area contributed by atoms with Gasteiger partial charge in [0.15, 0.2) is 6.10 Å². The van der Waals surface area contributed by atoms with Crippen molar-refractivity contribution < 1.29 is 42.9 Å².